The Bertz CT molecular complexity index is 1090. The number of nitrogens with zero attached hydrogens (tertiary/aromatic N) is 1. The van der Waals surface area contributed by atoms with Crippen molar-refractivity contribution >= 4 is 34.1 Å². The van der Waals surface area contributed by atoms with E-state index in [1.54, 1.807) is 32.9 Å². The minimum absolute atomic E-state index is 0.0802. The first-order valence-electron chi connectivity index (χ1n) is 11.0. The zero-order valence-electron chi connectivity index (χ0n) is 20.7. The smallest absolute Gasteiger partial charge is 0.408 e. The van der Waals surface area contributed by atoms with Crippen LogP contribution in [0.2, 0.25) is 0 Å². The Morgan fingerprint density at radius 2 is 1.94 bits per heavy atom. The molecule has 0 saturated carbocycles. The van der Waals surface area contributed by atoms with Crippen molar-refractivity contribution in [2.45, 2.75) is 39.0 Å². The topological polar surface area (TPSA) is 107 Å². The standard InChI is InChI=1S/C26H30BrN3O6/c1-6-12-35-23-20(27)13-19(14-22(23)33-5)15-28-30-24(31)21(29-25(32)36-26(2,3)4)17-34-16-18-10-8-7-9-11-18/h1,7-11,13-15,21H,12,16-17H2,2-5H3,(H,29,32)(H,30,31)/b28-15-/t21-/m0/s1. The summed E-state index contributed by atoms with van der Waals surface area (Å²) >= 11 is 3.41. The second-order valence-corrected chi connectivity index (χ2v) is 9.32. The molecule has 0 unspecified atom stereocenters. The van der Waals surface area contributed by atoms with E-state index in [-0.39, 0.29) is 19.8 Å². The quantitative estimate of drug-likeness (QED) is 0.244. The lowest BCUT2D eigenvalue weighted by molar-refractivity contribution is -0.124. The van der Waals surface area contributed by atoms with E-state index in [1.807, 2.05) is 30.3 Å². The molecular weight excluding hydrogens is 530 g/mol. The fraction of sp³-hybridized carbons (Fsp3) is 0.346. The first-order chi connectivity index (χ1) is 17.1. The number of carbonyl (C=O) groups excluding carboxylic acids is 2. The Labute approximate surface area is 219 Å². The molecular formula is C26H30BrN3O6. The third kappa shape index (κ3) is 9.98. The third-order valence-electron chi connectivity index (χ3n) is 4.34. The lowest BCUT2D eigenvalue weighted by Gasteiger charge is -2.22. The SMILES string of the molecule is C#CCOc1c(Br)cc(/C=N\NC(=O)[C@H](COCc2ccccc2)NC(=O)OC(C)(C)C)cc1OC. The van der Waals surface area contributed by atoms with E-state index in [4.69, 9.17) is 25.4 Å². The number of ether oxygens (including phenoxy) is 4. The molecule has 2 rings (SSSR count). The van der Waals surface area contributed by atoms with E-state index in [2.05, 4.69) is 37.7 Å². The number of terminal acetylenes is 1. The zero-order valence-corrected chi connectivity index (χ0v) is 22.3. The number of methoxy groups -OCH3 is 1. The molecule has 36 heavy (non-hydrogen) atoms. The number of halogens is 1. The van der Waals surface area contributed by atoms with Crippen molar-refractivity contribution in [2.24, 2.45) is 5.10 Å². The minimum atomic E-state index is -1.04. The Morgan fingerprint density at radius 3 is 2.58 bits per heavy atom. The van der Waals surface area contributed by atoms with Gasteiger partial charge in [0, 0.05) is 0 Å². The Kier molecular flexibility index (Phi) is 11.2. The van der Waals surface area contributed by atoms with Crippen LogP contribution in [0.1, 0.15) is 31.9 Å². The van der Waals surface area contributed by atoms with Gasteiger partial charge in [-0.1, -0.05) is 36.3 Å². The largest absolute Gasteiger partial charge is 0.493 e. The lowest BCUT2D eigenvalue weighted by atomic mass is 10.2. The van der Waals surface area contributed by atoms with Crippen molar-refractivity contribution in [3.8, 4) is 23.8 Å². The summed E-state index contributed by atoms with van der Waals surface area (Å²) in [6, 6.07) is 11.8. The Morgan fingerprint density at radius 1 is 1.22 bits per heavy atom. The molecule has 2 amide bonds. The summed E-state index contributed by atoms with van der Waals surface area (Å²) in [5, 5.41) is 6.53. The predicted octanol–water partition coefficient (Wildman–Crippen LogP) is 4.03. The summed E-state index contributed by atoms with van der Waals surface area (Å²) in [6.45, 7) is 5.45. The van der Waals surface area contributed by atoms with Gasteiger partial charge in [0.05, 0.1) is 31.0 Å². The van der Waals surface area contributed by atoms with Gasteiger partial charge in [0.2, 0.25) is 0 Å². The van der Waals surface area contributed by atoms with E-state index in [0.717, 1.165) is 5.56 Å². The van der Waals surface area contributed by atoms with E-state index in [1.165, 1.54) is 13.3 Å². The van der Waals surface area contributed by atoms with Crippen LogP contribution in [0.3, 0.4) is 0 Å². The molecule has 0 aliphatic heterocycles. The highest BCUT2D eigenvalue weighted by molar-refractivity contribution is 9.10. The maximum absolute atomic E-state index is 12.8. The Balaban J connectivity index is 2.07. The van der Waals surface area contributed by atoms with Gasteiger partial charge in [0.15, 0.2) is 11.5 Å². The predicted molar refractivity (Wildman–Crippen MR) is 140 cm³/mol. The molecule has 0 fully saturated rings. The molecule has 0 saturated heterocycles. The molecule has 1 atom stereocenters. The van der Waals surface area contributed by atoms with Gasteiger partial charge in [-0.25, -0.2) is 10.2 Å². The van der Waals surface area contributed by atoms with Gasteiger partial charge in [0.1, 0.15) is 18.2 Å². The fourth-order valence-electron chi connectivity index (χ4n) is 2.82. The number of hydrogen-bond donors (Lipinski definition) is 2. The zero-order chi connectivity index (χ0) is 26.6. The van der Waals surface area contributed by atoms with Gasteiger partial charge in [-0.2, -0.15) is 5.10 Å². The molecule has 0 aliphatic rings. The summed E-state index contributed by atoms with van der Waals surface area (Å²) in [5.41, 5.74) is 3.24. The molecule has 9 nitrogen and oxygen atoms in total. The van der Waals surface area contributed by atoms with Crippen LogP contribution in [0, 0.1) is 12.3 Å². The van der Waals surface area contributed by atoms with Crippen LogP contribution in [0.5, 0.6) is 11.5 Å². The highest BCUT2D eigenvalue weighted by atomic mass is 79.9. The van der Waals surface area contributed by atoms with Gasteiger partial charge in [0.25, 0.3) is 5.91 Å². The first-order valence-corrected chi connectivity index (χ1v) is 11.8. The van der Waals surface area contributed by atoms with Crippen LogP contribution in [-0.4, -0.2) is 50.2 Å². The van der Waals surface area contributed by atoms with Crippen molar-refractivity contribution in [1.82, 2.24) is 10.7 Å². The molecule has 0 spiro atoms. The fourth-order valence-corrected chi connectivity index (χ4v) is 3.39. The van der Waals surface area contributed by atoms with Crippen LogP contribution >= 0.6 is 15.9 Å². The van der Waals surface area contributed by atoms with E-state index < -0.39 is 23.6 Å². The Hall–Kier alpha value is -3.55. The second kappa shape index (κ2) is 14.1. The summed E-state index contributed by atoms with van der Waals surface area (Å²) in [5.74, 6) is 2.70. The van der Waals surface area contributed by atoms with E-state index >= 15 is 0 Å². The number of amides is 2. The molecule has 10 heteroatoms. The van der Waals surface area contributed by atoms with E-state index in [9.17, 15) is 9.59 Å². The molecule has 2 aromatic carbocycles. The van der Waals surface area contributed by atoms with Gasteiger partial charge in [-0.05, 0) is 60.0 Å². The number of alkyl carbamates (subject to hydrolysis) is 1. The van der Waals surface area contributed by atoms with Crippen LogP contribution in [-0.2, 0) is 20.9 Å². The van der Waals surface area contributed by atoms with Gasteiger partial charge in [-0.3, -0.25) is 4.79 Å². The number of carbonyl (C=O) groups is 2. The number of benzene rings is 2. The van der Waals surface area contributed by atoms with Crippen molar-refractivity contribution < 1.29 is 28.5 Å². The number of rotatable bonds is 11. The maximum atomic E-state index is 12.8. The first kappa shape index (κ1) is 28.7. The summed E-state index contributed by atoms with van der Waals surface area (Å²) in [4.78, 5) is 25.1. The van der Waals surface area contributed by atoms with Crippen molar-refractivity contribution in [1.29, 1.82) is 0 Å². The van der Waals surface area contributed by atoms with Crippen molar-refractivity contribution in [3.05, 3.63) is 58.1 Å². The average molecular weight is 560 g/mol. The number of nitrogens with one attached hydrogen (secondary N) is 2. The highest BCUT2D eigenvalue weighted by Crippen LogP contribution is 2.36. The summed E-state index contributed by atoms with van der Waals surface area (Å²) < 4.78 is 22.4. The molecule has 0 heterocycles. The molecule has 192 valence electrons. The van der Waals surface area contributed by atoms with Crippen molar-refractivity contribution in [2.75, 3.05) is 20.3 Å². The van der Waals surface area contributed by atoms with Gasteiger partial charge in [-0.15, -0.1) is 6.42 Å². The molecule has 2 aromatic rings. The molecule has 2 N–H and O–H groups in total. The third-order valence-corrected chi connectivity index (χ3v) is 4.93. The monoisotopic (exact) mass is 559 g/mol. The van der Waals surface area contributed by atoms with Crippen LogP contribution in [0.15, 0.2) is 52.0 Å². The van der Waals surface area contributed by atoms with Crippen LogP contribution < -0.4 is 20.2 Å². The molecule has 0 bridgehead atoms. The molecule has 0 aromatic heterocycles. The number of hydrogen-bond acceptors (Lipinski definition) is 7. The highest BCUT2D eigenvalue weighted by Gasteiger charge is 2.24. The summed E-state index contributed by atoms with van der Waals surface area (Å²) in [6.07, 6.45) is 5.93. The average Bonchev–Trinajstić information content (AvgIpc) is 2.82. The van der Waals surface area contributed by atoms with Crippen LogP contribution in [0.25, 0.3) is 0 Å². The molecule has 0 aliphatic carbocycles. The lowest BCUT2D eigenvalue weighted by Crippen LogP contribution is -2.49. The molecule has 0 radical (unpaired) electrons. The second-order valence-electron chi connectivity index (χ2n) is 8.46. The summed E-state index contributed by atoms with van der Waals surface area (Å²) in [7, 11) is 1.50. The normalized spacial score (nSPS) is 11.9. The maximum Gasteiger partial charge on any atom is 0.408 e. The van der Waals surface area contributed by atoms with Gasteiger partial charge < -0.3 is 24.3 Å². The van der Waals surface area contributed by atoms with Crippen molar-refractivity contribution in [3.63, 3.8) is 0 Å². The van der Waals surface area contributed by atoms with Gasteiger partial charge >= 0.3 is 6.09 Å². The van der Waals surface area contributed by atoms with Crippen LogP contribution in [0.4, 0.5) is 4.79 Å². The number of hydrazone groups is 1. The van der Waals surface area contributed by atoms with E-state index in [0.29, 0.717) is 21.5 Å². The minimum Gasteiger partial charge on any atom is -0.493 e.